The van der Waals surface area contributed by atoms with Crippen molar-refractivity contribution in [3.63, 3.8) is 0 Å². The number of aromatic nitrogens is 3. The third-order valence-corrected chi connectivity index (χ3v) is 4.96. The molecule has 0 atom stereocenters. The smallest absolute Gasteiger partial charge is 0.266 e. The van der Waals surface area contributed by atoms with Gasteiger partial charge in [-0.1, -0.05) is 23.9 Å². The van der Waals surface area contributed by atoms with Gasteiger partial charge in [0.2, 0.25) is 0 Å². The monoisotopic (exact) mass is 363 g/mol. The second kappa shape index (κ2) is 7.09. The van der Waals surface area contributed by atoms with E-state index in [0.29, 0.717) is 27.5 Å². The topological polar surface area (TPSA) is 47.8 Å². The third kappa shape index (κ3) is 3.23. The lowest BCUT2D eigenvalue weighted by atomic mass is 10.2. The molecule has 2 aromatic heterocycles. The molecule has 0 radical (unpaired) electrons. The summed E-state index contributed by atoms with van der Waals surface area (Å²) in [6.45, 7) is 0. The molecule has 0 aliphatic rings. The normalized spacial score (nSPS) is 11.0. The quantitative estimate of drug-likeness (QED) is 0.402. The van der Waals surface area contributed by atoms with Crippen LogP contribution in [0, 0.1) is 5.82 Å². The van der Waals surface area contributed by atoms with E-state index < -0.39 is 0 Å². The van der Waals surface area contributed by atoms with Gasteiger partial charge in [-0.05, 0) is 54.1 Å². The molecule has 2 aromatic carbocycles. The minimum Gasteiger partial charge on any atom is -0.268 e. The van der Waals surface area contributed by atoms with Gasteiger partial charge in [-0.15, -0.1) is 0 Å². The second-order valence-electron chi connectivity index (χ2n) is 5.67. The summed E-state index contributed by atoms with van der Waals surface area (Å²) in [7, 11) is 0. The molecule has 0 spiro atoms. The van der Waals surface area contributed by atoms with Gasteiger partial charge in [-0.25, -0.2) is 9.37 Å². The first-order chi connectivity index (χ1) is 12.7. The summed E-state index contributed by atoms with van der Waals surface area (Å²) in [6.07, 6.45) is 3.47. The molecule has 4 aromatic rings. The van der Waals surface area contributed by atoms with E-state index in [1.165, 1.54) is 28.5 Å². The standard InChI is InChI=1S/C20H14FN3OS/c21-15-5-7-16(8-6-15)24-19(25)17-3-1-2-4-18(17)23-20(24)26-13-14-9-11-22-12-10-14/h1-12H,13H2. The molecule has 0 bridgehead atoms. The first-order valence-electron chi connectivity index (χ1n) is 8.02. The maximum absolute atomic E-state index is 13.3. The zero-order valence-electron chi connectivity index (χ0n) is 13.7. The summed E-state index contributed by atoms with van der Waals surface area (Å²) in [5, 5.41) is 1.10. The predicted molar refractivity (Wildman–Crippen MR) is 101 cm³/mol. The Hall–Kier alpha value is -2.99. The molecule has 6 heteroatoms. The van der Waals surface area contributed by atoms with Crippen molar-refractivity contribution in [2.75, 3.05) is 0 Å². The molecule has 0 aliphatic carbocycles. The van der Waals surface area contributed by atoms with E-state index in [-0.39, 0.29) is 11.4 Å². The lowest BCUT2D eigenvalue weighted by Gasteiger charge is -2.13. The number of benzene rings is 2. The first kappa shape index (κ1) is 16.5. The van der Waals surface area contributed by atoms with Gasteiger partial charge in [-0.3, -0.25) is 14.3 Å². The number of nitrogens with zero attached hydrogens (tertiary/aromatic N) is 3. The number of thioether (sulfide) groups is 1. The van der Waals surface area contributed by atoms with Crippen LogP contribution in [0.5, 0.6) is 0 Å². The van der Waals surface area contributed by atoms with Gasteiger partial charge in [0.05, 0.1) is 16.6 Å². The van der Waals surface area contributed by atoms with Crippen LogP contribution in [0.2, 0.25) is 0 Å². The molecule has 0 saturated carbocycles. The Labute approximate surface area is 153 Å². The fourth-order valence-electron chi connectivity index (χ4n) is 2.65. The lowest BCUT2D eigenvalue weighted by Crippen LogP contribution is -2.21. The minimum atomic E-state index is -0.346. The summed E-state index contributed by atoms with van der Waals surface area (Å²) in [4.78, 5) is 21.7. The molecule has 2 heterocycles. The molecule has 0 saturated heterocycles. The van der Waals surface area contributed by atoms with Crippen molar-refractivity contribution in [1.82, 2.24) is 14.5 Å². The molecular formula is C20H14FN3OS. The number of fused-ring (bicyclic) bond motifs is 1. The maximum atomic E-state index is 13.3. The maximum Gasteiger partial charge on any atom is 0.266 e. The van der Waals surface area contributed by atoms with Crippen LogP contribution in [-0.4, -0.2) is 14.5 Å². The van der Waals surface area contributed by atoms with Crippen molar-refractivity contribution in [2.45, 2.75) is 10.9 Å². The number of pyridine rings is 1. The molecule has 0 unspecified atom stereocenters. The number of rotatable bonds is 4. The van der Waals surface area contributed by atoms with Crippen molar-refractivity contribution in [1.29, 1.82) is 0 Å². The van der Waals surface area contributed by atoms with Gasteiger partial charge in [-0.2, -0.15) is 0 Å². The van der Waals surface area contributed by atoms with E-state index in [0.717, 1.165) is 5.56 Å². The Bertz CT molecular complexity index is 1110. The zero-order chi connectivity index (χ0) is 17.9. The van der Waals surface area contributed by atoms with E-state index in [1.54, 1.807) is 30.6 Å². The molecule has 26 heavy (non-hydrogen) atoms. The summed E-state index contributed by atoms with van der Waals surface area (Å²) in [5.41, 5.74) is 2.15. The van der Waals surface area contributed by atoms with Gasteiger partial charge in [0.1, 0.15) is 5.82 Å². The highest BCUT2D eigenvalue weighted by Gasteiger charge is 2.13. The summed E-state index contributed by atoms with van der Waals surface area (Å²) in [5.74, 6) is 0.302. The van der Waals surface area contributed by atoms with Crippen molar-refractivity contribution in [3.8, 4) is 5.69 Å². The Morgan fingerprint density at radius 2 is 1.69 bits per heavy atom. The third-order valence-electron chi connectivity index (χ3n) is 3.95. The van der Waals surface area contributed by atoms with Crippen LogP contribution in [0.25, 0.3) is 16.6 Å². The number of hydrogen-bond acceptors (Lipinski definition) is 4. The lowest BCUT2D eigenvalue weighted by molar-refractivity contribution is 0.627. The van der Waals surface area contributed by atoms with Crippen LogP contribution >= 0.6 is 11.8 Å². The van der Waals surface area contributed by atoms with Gasteiger partial charge in [0, 0.05) is 18.1 Å². The van der Waals surface area contributed by atoms with Crippen LogP contribution in [0.1, 0.15) is 5.56 Å². The highest BCUT2D eigenvalue weighted by atomic mass is 32.2. The Balaban J connectivity index is 1.85. The zero-order valence-corrected chi connectivity index (χ0v) is 14.5. The van der Waals surface area contributed by atoms with Crippen LogP contribution in [0.3, 0.4) is 0 Å². The number of hydrogen-bond donors (Lipinski definition) is 0. The number of halogens is 1. The molecule has 0 aliphatic heterocycles. The molecule has 0 fully saturated rings. The van der Waals surface area contributed by atoms with Crippen molar-refractivity contribution in [2.24, 2.45) is 0 Å². The molecular weight excluding hydrogens is 349 g/mol. The summed E-state index contributed by atoms with van der Waals surface area (Å²) in [6, 6.07) is 16.9. The molecule has 128 valence electrons. The van der Waals surface area contributed by atoms with Crippen LogP contribution in [0.15, 0.2) is 83.0 Å². The van der Waals surface area contributed by atoms with Crippen LogP contribution < -0.4 is 5.56 Å². The Kier molecular flexibility index (Phi) is 4.50. The van der Waals surface area contributed by atoms with E-state index >= 15 is 0 Å². The van der Waals surface area contributed by atoms with E-state index in [9.17, 15) is 9.18 Å². The average Bonchev–Trinajstić information content (AvgIpc) is 2.68. The van der Waals surface area contributed by atoms with Crippen LogP contribution in [0.4, 0.5) is 4.39 Å². The minimum absolute atomic E-state index is 0.167. The first-order valence-corrected chi connectivity index (χ1v) is 9.00. The van der Waals surface area contributed by atoms with E-state index in [1.807, 2.05) is 30.3 Å². The van der Waals surface area contributed by atoms with Crippen molar-refractivity contribution >= 4 is 22.7 Å². The molecule has 0 amide bonds. The summed E-state index contributed by atoms with van der Waals surface area (Å²) >= 11 is 1.46. The largest absolute Gasteiger partial charge is 0.268 e. The predicted octanol–water partition coefficient (Wildman–Crippen LogP) is 4.21. The summed E-state index contributed by atoms with van der Waals surface area (Å²) < 4.78 is 14.8. The Morgan fingerprint density at radius 3 is 2.46 bits per heavy atom. The van der Waals surface area contributed by atoms with Crippen molar-refractivity contribution in [3.05, 3.63) is 94.8 Å². The fourth-order valence-corrected chi connectivity index (χ4v) is 3.62. The Morgan fingerprint density at radius 1 is 0.962 bits per heavy atom. The van der Waals surface area contributed by atoms with E-state index in [4.69, 9.17) is 0 Å². The molecule has 4 nitrogen and oxygen atoms in total. The van der Waals surface area contributed by atoms with Gasteiger partial charge >= 0.3 is 0 Å². The molecule has 4 rings (SSSR count). The second-order valence-corrected chi connectivity index (χ2v) is 6.62. The van der Waals surface area contributed by atoms with E-state index in [2.05, 4.69) is 9.97 Å². The van der Waals surface area contributed by atoms with Crippen molar-refractivity contribution < 1.29 is 4.39 Å². The van der Waals surface area contributed by atoms with Crippen LogP contribution in [-0.2, 0) is 5.75 Å². The highest BCUT2D eigenvalue weighted by molar-refractivity contribution is 7.98. The SMILES string of the molecule is O=c1c2ccccc2nc(SCc2ccncc2)n1-c1ccc(F)cc1. The average molecular weight is 363 g/mol. The fraction of sp³-hybridized carbons (Fsp3) is 0.0500. The van der Waals surface area contributed by atoms with Gasteiger partial charge < -0.3 is 0 Å². The van der Waals surface area contributed by atoms with Gasteiger partial charge in [0.15, 0.2) is 5.16 Å². The van der Waals surface area contributed by atoms with Gasteiger partial charge in [0.25, 0.3) is 5.56 Å². The molecule has 0 N–H and O–H groups in total. The number of para-hydroxylation sites is 1. The highest BCUT2D eigenvalue weighted by Crippen LogP contribution is 2.24.